The van der Waals surface area contributed by atoms with Gasteiger partial charge in [0.15, 0.2) is 0 Å². The zero-order chi connectivity index (χ0) is 22.8. The largest absolute Gasteiger partial charge is 0.323 e. The number of carbonyl (C=O) groups excluding carboxylic acids is 1. The molecule has 2 fully saturated rings. The van der Waals surface area contributed by atoms with E-state index in [1.807, 2.05) is 12.1 Å². The topological polar surface area (TPSA) is 74.2 Å². The van der Waals surface area contributed by atoms with Crippen molar-refractivity contribution in [3.8, 4) is 11.3 Å². The van der Waals surface area contributed by atoms with Crippen molar-refractivity contribution in [2.45, 2.75) is 31.6 Å². The van der Waals surface area contributed by atoms with Gasteiger partial charge in [0, 0.05) is 18.5 Å². The first-order valence-electron chi connectivity index (χ1n) is 11.4. The number of nitrogens with one attached hydrogen (secondary N) is 1. The third-order valence-corrected chi connectivity index (χ3v) is 6.74. The molecule has 0 bridgehead atoms. The summed E-state index contributed by atoms with van der Waals surface area (Å²) in [6.45, 7) is 2.96. The molecular weight excluding hydrogens is 436 g/mol. The lowest BCUT2D eigenvalue weighted by Gasteiger charge is -2.29. The predicted molar refractivity (Wildman–Crippen MR) is 131 cm³/mol. The van der Waals surface area contributed by atoms with Crippen LogP contribution in [-0.4, -0.2) is 52.4 Å². The van der Waals surface area contributed by atoms with Crippen molar-refractivity contribution in [1.29, 1.82) is 0 Å². The molecule has 0 unspecified atom stereocenters. The number of amides is 1. The molecule has 1 aromatic carbocycles. The fourth-order valence-electron chi connectivity index (χ4n) is 4.61. The van der Waals surface area contributed by atoms with Gasteiger partial charge >= 0.3 is 0 Å². The van der Waals surface area contributed by atoms with E-state index in [9.17, 15) is 4.79 Å². The molecule has 0 spiro atoms. The van der Waals surface area contributed by atoms with Gasteiger partial charge in [0.2, 0.25) is 11.9 Å². The van der Waals surface area contributed by atoms with Crippen molar-refractivity contribution in [2.75, 3.05) is 36.9 Å². The van der Waals surface area contributed by atoms with Gasteiger partial charge in [-0.2, -0.15) is 0 Å². The second-order valence-electron chi connectivity index (χ2n) is 8.80. The molecule has 8 heteroatoms. The molecule has 7 nitrogen and oxygen atoms in total. The van der Waals surface area contributed by atoms with E-state index >= 15 is 0 Å². The van der Waals surface area contributed by atoms with Gasteiger partial charge in [0.1, 0.15) is 0 Å². The third kappa shape index (κ3) is 4.84. The summed E-state index contributed by atoms with van der Waals surface area (Å²) in [7, 11) is 2.18. The molecule has 1 N–H and O–H groups in total. The molecule has 0 radical (unpaired) electrons. The molecule has 2 saturated heterocycles. The predicted octanol–water partition coefficient (Wildman–Crippen LogP) is 4.87. The van der Waals surface area contributed by atoms with Crippen LogP contribution in [0.3, 0.4) is 0 Å². The SMILES string of the molecule is CN1CCC(c2cccc(-c3nc(Nc4cncc(N5CCCC5=O)c4)ncc3Cl)c2)CC1. The minimum Gasteiger partial charge on any atom is -0.323 e. The first kappa shape index (κ1) is 21.8. The lowest BCUT2D eigenvalue weighted by Crippen LogP contribution is -2.29. The van der Waals surface area contributed by atoms with Crippen LogP contribution in [0, 0.1) is 0 Å². The molecule has 1 amide bonds. The Morgan fingerprint density at radius 2 is 1.94 bits per heavy atom. The number of halogens is 1. The zero-order valence-corrected chi connectivity index (χ0v) is 19.4. The number of piperidine rings is 1. The Morgan fingerprint density at radius 3 is 2.73 bits per heavy atom. The van der Waals surface area contributed by atoms with E-state index in [1.165, 1.54) is 5.56 Å². The molecular formula is C25H27ClN6O. The number of nitrogens with zero attached hydrogens (tertiary/aromatic N) is 5. The fraction of sp³-hybridized carbons (Fsp3) is 0.360. The van der Waals surface area contributed by atoms with Gasteiger partial charge in [0.25, 0.3) is 0 Å². The number of hydrogen-bond donors (Lipinski definition) is 1. The third-order valence-electron chi connectivity index (χ3n) is 6.46. The lowest BCUT2D eigenvalue weighted by atomic mass is 9.88. The Kier molecular flexibility index (Phi) is 6.24. The highest BCUT2D eigenvalue weighted by Gasteiger charge is 2.22. The minimum absolute atomic E-state index is 0.128. The molecule has 2 aromatic heterocycles. The summed E-state index contributed by atoms with van der Waals surface area (Å²) >= 11 is 6.50. The maximum Gasteiger partial charge on any atom is 0.227 e. The standard InChI is InChI=1S/C25H27ClN6O/c1-31-10-7-17(8-11-31)18-4-2-5-19(12-18)24-22(26)16-28-25(30-24)29-20-13-21(15-27-14-20)32-9-3-6-23(32)33/h2,4-5,12-17H,3,6-11H2,1H3,(H,28,29,30). The average Bonchev–Trinajstić information content (AvgIpc) is 3.27. The lowest BCUT2D eigenvalue weighted by molar-refractivity contribution is -0.117. The molecule has 0 aliphatic carbocycles. The van der Waals surface area contributed by atoms with Gasteiger partial charge < -0.3 is 15.1 Å². The monoisotopic (exact) mass is 462 g/mol. The number of pyridine rings is 1. The van der Waals surface area contributed by atoms with Crippen molar-refractivity contribution in [1.82, 2.24) is 19.9 Å². The van der Waals surface area contributed by atoms with Crippen molar-refractivity contribution >= 4 is 34.8 Å². The van der Waals surface area contributed by atoms with Crippen LogP contribution in [0.1, 0.15) is 37.2 Å². The summed E-state index contributed by atoms with van der Waals surface area (Å²) in [5.41, 5.74) is 4.51. The van der Waals surface area contributed by atoms with Crippen molar-refractivity contribution in [3.63, 3.8) is 0 Å². The first-order chi connectivity index (χ1) is 16.1. The molecule has 5 rings (SSSR count). The van der Waals surface area contributed by atoms with Gasteiger partial charge in [-0.05, 0) is 63.0 Å². The van der Waals surface area contributed by atoms with Gasteiger partial charge in [0.05, 0.1) is 40.7 Å². The molecule has 0 atom stereocenters. The Labute approximate surface area is 198 Å². The minimum atomic E-state index is 0.128. The summed E-state index contributed by atoms with van der Waals surface area (Å²) in [6, 6.07) is 10.4. The Bertz CT molecular complexity index is 1160. The smallest absolute Gasteiger partial charge is 0.227 e. The first-order valence-corrected chi connectivity index (χ1v) is 11.8. The number of anilines is 3. The summed E-state index contributed by atoms with van der Waals surface area (Å²) in [4.78, 5) is 29.6. The van der Waals surface area contributed by atoms with Gasteiger partial charge in [-0.25, -0.2) is 9.97 Å². The number of rotatable bonds is 5. The van der Waals surface area contributed by atoms with Crippen LogP contribution >= 0.6 is 11.6 Å². The second kappa shape index (κ2) is 9.45. The van der Waals surface area contributed by atoms with Gasteiger partial charge in [-0.3, -0.25) is 9.78 Å². The molecule has 2 aliphatic rings. The van der Waals surface area contributed by atoms with Crippen LogP contribution in [-0.2, 0) is 4.79 Å². The maximum atomic E-state index is 12.1. The molecule has 4 heterocycles. The molecule has 170 valence electrons. The van der Waals surface area contributed by atoms with E-state index in [0.29, 0.717) is 29.0 Å². The highest BCUT2D eigenvalue weighted by molar-refractivity contribution is 6.32. The summed E-state index contributed by atoms with van der Waals surface area (Å²) in [5.74, 6) is 1.12. The van der Waals surface area contributed by atoms with E-state index in [-0.39, 0.29) is 5.91 Å². The number of likely N-dealkylation sites (tertiary alicyclic amines) is 1. The zero-order valence-electron chi connectivity index (χ0n) is 18.7. The summed E-state index contributed by atoms with van der Waals surface area (Å²) < 4.78 is 0. The van der Waals surface area contributed by atoms with Crippen molar-refractivity contribution in [2.24, 2.45) is 0 Å². The Morgan fingerprint density at radius 1 is 1.09 bits per heavy atom. The maximum absolute atomic E-state index is 12.1. The van der Waals surface area contributed by atoms with Crippen LogP contribution in [0.5, 0.6) is 0 Å². The normalized spacial score (nSPS) is 17.5. The number of hydrogen-bond acceptors (Lipinski definition) is 6. The van der Waals surface area contributed by atoms with Crippen molar-refractivity contribution < 1.29 is 4.79 Å². The number of benzene rings is 1. The summed E-state index contributed by atoms with van der Waals surface area (Å²) in [5, 5.41) is 3.73. The van der Waals surface area contributed by atoms with E-state index in [4.69, 9.17) is 16.6 Å². The van der Waals surface area contributed by atoms with E-state index < -0.39 is 0 Å². The van der Waals surface area contributed by atoms with Crippen LogP contribution in [0.4, 0.5) is 17.3 Å². The van der Waals surface area contributed by atoms with Crippen LogP contribution in [0.15, 0.2) is 48.9 Å². The van der Waals surface area contributed by atoms with E-state index in [1.54, 1.807) is 23.5 Å². The summed E-state index contributed by atoms with van der Waals surface area (Å²) in [6.07, 6.45) is 8.80. The second-order valence-corrected chi connectivity index (χ2v) is 9.21. The van der Waals surface area contributed by atoms with Gasteiger partial charge in [-0.15, -0.1) is 0 Å². The fourth-order valence-corrected chi connectivity index (χ4v) is 4.81. The quantitative estimate of drug-likeness (QED) is 0.583. The van der Waals surface area contributed by atoms with Crippen LogP contribution < -0.4 is 10.2 Å². The van der Waals surface area contributed by atoms with E-state index in [2.05, 4.69) is 45.4 Å². The average molecular weight is 463 g/mol. The molecule has 2 aliphatic heterocycles. The highest BCUT2D eigenvalue weighted by Crippen LogP contribution is 2.33. The molecule has 3 aromatic rings. The highest BCUT2D eigenvalue weighted by atomic mass is 35.5. The van der Waals surface area contributed by atoms with Crippen molar-refractivity contribution in [3.05, 3.63) is 59.5 Å². The molecule has 0 saturated carbocycles. The van der Waals surface area contributed by atoms with E-state index in [0.717, 1.165) is 55.8 Å². The van der Waals surface area contributed by atoms with Gasteiger partial charge in [-0.1, -0.05) is 29.8 Å². The number of aromatic nitrogens is 3. The number of carbonyl (C=O) groups is 1. The Hall–Kier alpha value is -3.03. The van der Waals surface area contributed by atoms with Crippen LogP contribution in [0.2, 0.25) is 5.02 Å². The molecule has 33 heavy (non-hydrogen) atoms. The van der Waals surface area contributed by atoms with Crippen LogP contribution in [0.25, 0.3) is 11.3 Å². The Balaban J connectivity index is 1.38.